The van der Waals surface area contributed by atoms with Crippen LogP contribution in [-0.4, -0.2) is 80.5 Å². The maximum absolute atomic E-state index is 14.0. The molecule has 250 valence electrons. The van der Waals surface area contributed by atoms with Crippen molar-refractivity contribution in [1.29, 1.82) is 0 Å². The van der Waals surface area contributed by atoms with Gasteiger partial charge in [-0.3, -0.25) is 19.2 Å². The molecule has 0 aliphatic carbocycles. The normalized spacial score (nSPS) is 18.5. The van der Waals surface area contributed by atoms with E-state index in [9.17, 15) is 24.3 Å². The lowest BCUT2D eigenvalue weighted by atomic mass is 9.85. The number of aliphatic hydroxyl groups excluding tert-OH is 1. The lowest BCUT2D eigenvalue weighted by Crippen LogP contribution is -2.58. The Balaban J connectivity index is 2.25. The van der Waals surface area contributed by atoms with E-state index in [-0.39, 0.29) is 49.3 Å². The van der Waals surface area contributed by atoms with Crippen molar-refractivity contribution in [3.63, 3.8) is 0 Å². The molecular formula is C34H53N3O7Si. The molecule has 0 radical (unpaired) electrons. The number of hydrogen-bond acceptors (Lipinski definition) is 7. The van der Waals surface area contributed by atoms with E-state index in [1.165, 1.54) is 12.0 Å². The molecule has 0 bridgehead atoms. The predicted molar refractivity (Wildman–Crippen MR) is 176 cm³/mol. The van der Waals surface area contributed by atoms with Crippen LogP contribution < -0.4 is 10.6 Å². The topological polar surface area (TPSA) is 134 Å². The number of esters is 1. The summed E-state index contributed by atoms with van der Waals surface area (Å²) >= 11 is 0. The van der Waals surface area contributed by atoms with Crippen molar-refractivity contribution in [2.75, 3.05) is 20.3 Å². The number of carbonyl (C=O) groups is 4. The number of β-amino-alcohol motifs (C(OH)–C–C–N with tert-alkyl or cyclic N) is 1. The molecule has 45 heavy (non-hydrogen) atoms. The molecule has 0 spiro atoms. The smallest absolute Gasteiger partial charge is 0.305 e. The number of nitrogens with one attached hydrogen (secondary N) is 2. The Morgan fingerprint density at radius 2 is 1.64 bits per heavy atom. The van der Waals surface area contributed by atoms with Gasteiger partial charge in [0.25, 0.3) is 0 Å². The third kappa shape index (κ3) is 11.0. The number of amides is 3. The number of ether oxygens (including phenoxy) is 1. The number of rotatable bonds is 13. The van der Waals surface area contributed by atoms with Gasteiger partial charge in [0.15, 0.2) is 8.32 Å². The highest BCUT2D eigenvalue weighted by atomic mass is 28.4. The minimum Gasteiger partial charge on any atom is -0.469 e. The number of nitrogens with zero attached hydrogens (tertiary/aromatic N) is 1. The number of carbonyl (C=O) groups excluding carboxylic acids is 4. The summed E-state index contributed by atoms with van der Waals surface area (Å²) in [5.74, 6) is 1.09. The number of likely N-dealkylation sites (tertiary alicyclic amines) is 1. The minimum atomic E-state index is -2.17. The van der Waals surface area contributed by atoms with E-state index in [0.717, 1.165) is 5.56 Å². The molecule has 0 aromatic heterocycles. The van der Waals surface area contributed by atoms with Crippen LogP contribution in [0.4, 0.5) is 0 Å². The highest BCUT2D eigenvalue weighted by Crippen LogP contribution is 2.37. The van der Waals surface area contributed by atoms with Crippen LogP contribution in [0.2, 0.25) is 18.1 Å². The molecule has 1 heterocycles. The molecule has 3 N–H and O–H groups in total. The molecule has 2 rings (SSSR count). The first-order valence-corrected chi connectivity index (χ1v) is 18.6. The number of benzene rings is 1. The van der Waals surface area contributed by atoms with Crippen LogP contribution in [0.1, 0.15) is 90.8 Å². The van der Waals surface area contributed by atoms with E-state index < -0.39 is 49.8 Å². The van der Waals surface area contributed by atoms with Gasteiger partial charge in [-0.25, -0.2) is 0 Å². The lowest BCUT2D eigenvalue weighted by molar-refractivity contribution is -0.144. The molecule has 1 saturated heterocycles. The Morgan fingerprint density at radius 1 is 1.04 bits per heavy atom. The highest BCUT2D eigenvalue weighted by Gasteiger charge is 2.45. The van der Waals surface area contributed by atoms with Crippen molar-refractivity contribution in [2.24, 2.45) is 5.41 Å². The standard InChI is InChI=1S/C34H53N3O7Si/c1-11-23-16-18-24(19-17-23)26(22-44-45(9,10)34(5,6)7)35-31(41)27-20-25(38)21-37(27)32(42)30(33(2,3)4)36-28(39)14-12-13-15-29(40)43-8/h1,16-19,25-27,30,38H,12-15,20-22H2,2-10H3,(H,35,41)(H,36,39)/t25-,26?,27+,30?/m1/s1. The fourth-order valence-corrected chi connectivity index (χ4v) is 5.84. The van der Waals surface area contributed by atoms with Crippen LogP contribution in [0.15, 0.2) is 24.3 Å². The van der Waals surface area contributed by atoms with Gasteiger partial charge < -0.3 is 29.8 Å². The Bertz CT molecular complexity index is 1230. The first-order valence-electron chi connectivity index (χ1n) is 15.7. The fourth-order valence-electron chi connectivity index (χ4n) is 4.82. The molecule has 1 aliphatic rings. The minimum absolute atomic E-state index is 0.0273. The van der Waals surface area contributed by atoms with Gasteiger partial charge >= 0.3 is 5.97 Å². The zero-order valence-corrected chi connectivity index (χ0v) is 29.5. The monoisotopic (exact) mass is 643 g/mol. The van der Waals surface area contributed by atoms with Crippen molar-refractivity contribution in [2.45, 2.75) is 116 Å². The summed E-state index contributed by atoms with van der Waals surface area (Å²) in [5.41, 5.74) is 0.846. The highest BCUT2D eigenvalue weighted by molar-refractivity contribution is 6.74. The van der Waals surface area contributed by atoms with E-state index in [1.807, 2.05) is 45.0 Å². The van der Waals surface area contributed by atoms with Gasteiger partial charge in [0.05, 0.1) is 25.9 Å². The number of unbranched alkanes of at least 4 members (excludes halogenated alkanes) is 1. The summed E-state index contributed by atoms with van der Waals surface area (Å²) in [7, 11) is -0.849. The van der Waals surface area contributed by atoms with Crippen molar-refractivity contribution in [3.05, 3.63) is 35.4 Å². The largest absolute Gasteiger partial charge is 0.469 e. The molecule has 2 unspecified atom stereocenters. The van der Waals surface area contributed by atoms with Crippen LogP contribution >= 0.6 is 0 Å². The molecule has 11 heteroatoms. The number of terminal acetylenes is 1. The Hall–Kier alpha value is -3.20. The first kappa shape index (κ1) is 38.0. The molecule has 1 aromatic carbocycles. The van der Waals surface area contributed by atoms with Crippen LogP contribution in [0.3, 0.4) is 0 Å². The van der Waals surface area contributed by atoms with E-state index in [4.69, 9.17) is 10.8 Å². The first-order chi connectivity index (χ1) is 20.8. The zero-order valence-electron chi connectivity index (χ0n) is 28.5. The van der Waals surface area contributed by atoms with Crippen LogP contribution in [0.25, 0.3) is 0 Å². The Labute approximate surface area is 270 Å². The third-order valence-corrected chi connectivity index (χ3v) is 13.3. The van der Waals surface area contributed by atoms with E-state index in [2.05, 4.69) is 55.2 Å². The van der Waals surface area contributed by atoms with E-state index in [1.54, 1.807) is 0 Å². The van der Waals surface area contributed by atoms with E-state index >= 15 is 0 Å². The van der Waals surface area contributed by atoms with Gasteiger partial charge in [0.1, 0.15) is 12.1 Å². The molecule has 1 aromatic rings. The maximum atomic E-state index is 14.0. The third-order valence-electron chi connectivity index (χ3n) is 8.76. The summed E-state index contributed by atoms with van der Waals surface area (Å²) in [6.45, 7) is 16.4. The van der Waals surface area contributed by atoms with Crippen molar-refractivity contribution < 1.29 is 33.4 Å². The number of aliphatic hydroxyl groups is 1. The maximum Gasteiger partial charge on any atom is 0.305 e. The number of hydrogen-bond donors (Lipinski definition) is 3. The number of methoxy groups -OCH3 is 1. The molecule has 10 nitrogen and oxygen atoms in total. The summed E-state index contributed by atoms with van der Waals surface area (Å²) in [5, 5.41) is 16.5. The van der Waals surface area contributed by atoms with Gasteiger partial charge in [-0.1, -0.05) is 59.6 Å². The summed E-state index contributed by atoms with van der Waals surface area (Å²) in [6.07, 6.45) is 6.02. The van der Waals surface area contributed by atoms with Gasteiger partial charge in [-0.15, -0.1) is 6.42 Å². The molecule has 4 atom stereocenters. The van der Waals surface area contributed by atoms with Crippen molar-refractivity contribution >= 4 is 32.0 Å². The van der Waals surface area contributed by atoms with Gasteiger partial charge in [0.2, 0.25) is 17.7 Å². The second-order valence-corrected chi connectivity index (χ2v) is 19.3. The summed E-state index contributed by atoms with van der Waals surface area (Å²) in [4.78, 5) is 53.4. The lowest BCUT2D eigenvalue weighted by Gasteiger charge is -2.38. The molecule has 3 amide bonds. The quantitative estimate of drug-likeness (QED) is 0.128. The summed E-state index contributed by atoms with van der Waals surface area (Å²) < 4.78 is 11.1. The molecule has 1 aliphatic heterocycles. The fraction of sp³-hybridized carbons (Fsp3) is 0.647. The Morgan fingerprint density at radius 3 is 2.18 bits per heavy atom. The SMILES string of the molecule is C#Cc1ccc(C(CO[Si](C)(C)C(C)(C)C)NC(=O)[C@@H]2C[C@@H](O)CN2C(=O)C(NC(=O)CCCCC(=O)OC)C(C)(C)C)cc1. The predicted octanol–water partition coefficient (Wildman–Crippen LogP) is 4.07. The van der Waals surface area contributed by atoms with Gasteiger partial charge in [-0.05, 0) is 54.1 Å². The second-order valence-electron chi connectivity index (χ2n) is 14.4. The van der Waals surface area contributed by atoms with Crippen molar-refractivity contribution in [1.82, 2.24) is 15.5 Å². The zero-order chi connectivity index (χ0) is 34.2. The van der Waals surface area contributed by atoms with Gasteiger partial charge in [0, 0.05) is 31.4 Å². The summed E-state index contributed by atoms with van der Waals surface area (Å²) in [6, 6.07) is 4.95. The van der Waals surface area contributed by atoms with Crippen LogP contribution in [0.5, 0.6) is 0 Å². The second kappa shape index (κ2) is 15.9. The molecule has 0 saturated carbocycles. The molecule has 1 fully saturated rings. The van der Waals surface area contributed by atoms with Crippen molar-refractivity contribution in [3.8, 4) is 12.3 Å². The van der Waals surface area contributed by atoms with Gasteiger partial charge in [-0.2, -0.15) is 0 Å². The van der Waals surface area contributed by atoms with E-state index in [0.29, 0.717) is 18.4 Å². The average molecular weight is 644 g/mol. The Kier molecular flexibility index (Phi) is 13.4. The van der Waals surface area contributed by atoms with Crippen LogP contribution in [-0.2, 0) is 28.3 Å². The molecular weight excluding hydrogens is 590 g/mol. The average Bonchev–Trinajstić information content (AvgIpc) is 3.36. The van der Waals surface area contributed by atoms with Crippen LogP contribution in [0, 0.1) is 17.8 Å².